The summed E-state index contributed by atoms with van der Waals surface area (Å²) in [5, 5.41) is 7.51. The molecule has 0 fully saturated rings. The van der Waals surface area contributed by atoms with Crippen LogP contribution in [0.5, 0.6) is 0 Å². The predicted molar refractivity (Wildman–Crippen MR) is 16.9 cm³/mol. The molecule has 0 bridgehead atoms. The van der Waals surface area contributed by atoms with Gasteiger partial charge in [0, 0.05) is 6.08 Å². The molecule has 0 atom stereocenters. The van der Waals surface area contributed by atoms with Crippen LogP contribution in [0.25, 0.3) is 0 Å². The van der Waals surface area contributed by atoms with Gasteiger partial charge in [0.1, 0.15) is 0 Å². The summed E-state index contributed by atoms with van der Waals surface area (Å²) >= 11 is 0. The third-order valence-electron chi connectivity index (χ3n) is 0.0913. The topological polar surface area (TPSA) is 23.8 Å². The average Bonchev–Trinajstić information content (AvgIpc) is 1.37. The molecule has 0 radical (unpaired) electrons. The SMILES string of the molecule is C=CC#N.[H-].[Li+]. The molecule has 0 aromatic heterocycles. The van der Waals surface area contributed by atoms with Gasteiger partial charge < -0.3 is 1.43 Å². The first kappa shape index (κ1) is 8.85. The second kappa shape index (κ2) is 9.16. The first-order valence-electron chi connectivity index (χ1n) is 0.921. The minimum Gasteiger partial charge on any atom is -1.00 e. The molecule has 0 aliphatic heterocycles. The van der Waals surface area contributed by atoms with E-state index in [0.29, 0.717) is 0 Å². The summed E-state index contributed by atoms with van der Waals surface area (Å²) in [5.74, 6) is 0. The Hall–Kier alpha value is -0.173. The number of rotatable bonds is 0. The fourth-order valence-corrected chi connectivity index (χ4v) is 0. The molecule has 0 aliphatic rings. The molecule has 0 N–H and O–H groups in total. The van der Waals surface area contributed by atoms with Crippen molar-refractivity contribution in [2.45, 2.75) is 0 Å². The molecule has 5 heavy (non-hydrogen) atoms. The molecular weight excluding hydrogens is 57.0 g/mol. The van der Waals surface area contributed by atoms with Gasteiger partial charge in [-0.1, -0.05) is 6.58 Å². The molecule has 0 rings (SSSR count). The van der Waals surface area contributed by atoms with Crippen LogP contribution in [0, 0.1) is 11.3 Å². The van der Waals surface area contributed by atoms with E-state index < -0.39 is 0 Å². The molecule has 0 aromatic carbocycles. The molecule has 2 heteroatoms. The van der Waals surface area contributed by atoms with Crippen molar-refractivity contribution < 1.29 is 20.3 Å². The van der Waals surface area contributed by atoms with E-state index in [2.05, 4.69) is 6.58 Å². The van der Waals surface area contributed by atoms with Gasteiger partial charge in [-0.3, -0.25) is 0 Å². The van der Waals surface area contributed by atoms with E-state index in [1.54, 1.807) is 6.07 Å². The second-order valence-electron chi connectivity index (χ2n) is 0.333. The van der Waals surface area contributed by atoms with Crippen LogP contribution in [0.3, 0.4) is 0 Å². The minimum atomic E-state index is 0. The van der Waals surface area contributed by atoms with Gasteiger partial charge >= 0.3 is 18.9 Å². The van der Waals surface area contributed by atoms with Crippen molar-refractivity contribution in [3.05, 3.63) is 12.7 Å². The van der Waals surface area contributed by atoms with Crippen LogP contribution in [-0.2, 0) is 0 Å². The van der Waals surface area contributed by atoms with Gasteiger partial charge in [0.2, 0.25) is 0 Å². The number of hydrogen-bond donors (Lipinski definition) is 0. The van der Waals surface area contributed by atoms with E-state index in [9.17, 15) is 0 Å². The van der Waals surface area contributed by atoms with Crippen molar-refractivity contribution in [2.24, 2.45) is 0 Å². The maximum atomic E-state index is 7.51. The van der Waals surface area contributed by atoms with Gasteiger partial charge in [-0.05, 0) is 0 Å². The Balaban J connectivity index is -0.0000000450. The maximum absolute atomic E-state index is 7.51. The van der Waals surface area contributed by atoms with E-state index in [0.717, 1.165) is 0 Å². The van der Waals surface area contributed by atoms with Gasteiger partial charge in [0.05, 0.1) is 6.07 Å². The Morgan fingerprint density at radius 3 is 2.20 bits per heavy atom. The van der Waals surface area contributed by atoms with Gasteiger partial charge in [-0.25, -0.2) is 0 Å². The summed E-state index contributed by atoms with van der Waals surface area (Å²) in [6.07, 6.45) is 1.18. The number of nitriles is 1. The number of nitrogens with zero attached hydrogens (tertiary/aromatic N) is 1. The zero-order valence-electron chi connectivity index (χ0n) is 4.23. The van der Waals surface area contributed by atoms with E-state index in [4.69, 9.17) is 5.26 Å². The summed E-state index contributed by atoms with van der Waals surface area (Å²) in [5.41, 5.74) is 0. The molecule has 0 amide bonds. The van der Waals surface area contributed by atoms with Crippen molar-refractivity contribution in [3.63, 3.8) is 0 Å². The Labute approximate surface area is 45.0 Å². The zero-order valence-corrected chi connectivity index (χ0v) is 3.23. The van der Waals surface area contributed by atoms with Crippen LogP contribution < -0.4 is 18.9 Å². The smallest absolute Gasteiger partial charge is 1.00 e. The van der Waals surface area contributed by atoms with Crippen molar-refractivity contribution in [1.82, 2.24) is 0 Å². The molecule has 1 nitrogen and oxygen atoms in total. The quantitative estimate of drug-likeness (QED) is 0.230. The molecule has 22 valence electrons. The normalized spacial score (nSPS) is 3.00. The summed E-state index contributed by atoms with van der Waals surface area (Å²) in [4.78, 5) is 0. The van der Waals surface area contributed by atoms with Crippen LogP contribution in [-0.4, -0.2) is 0 Å². The summed E-state index contributed by atoms with van der Waals surface area (Å²) in [7, 11) is 0. The van der Waals surface area contributed by atoms with E-state index in [-0.39, 0.29) is 20.3 Å². The minimum absolute atomic E-state index is 0. The molecule has 0 saturated carbocycles. The molecule has 0 heterocycles. The zero-order chi connectivity index (χ0) is 3.41. The Kier molecular flexibility index (Phi) is 16.2. The Bertz CT molecular complexity index is 56.3. The molecule has 0 aromatic rings. The molecular formula is C3H4LiN. The van der Waals surface area contributed by atoms with Gasteiger partial charge in [0.15, 0.2) is 0 Å². The van der Waals surface area contributed by atoms with E-state index >= 15 is 0 Å². The van der Waals surface area contributed by atoms with Crippen LogP contribution >= 0.6 is 0 Å². The Morgan fingerprint density at radius 2 is 2.20 bits per heavy atom. The molecule has 0 aliphatic carbocycles. The van der Waals surface area contributed by atoms with Gasteiger partial charge in [-0.2, -0.15) is 5.26 Å². The van der Waals surface area contributed by atoms with Crippen molar-refractivity contribution in [1.29, 1.82) is 5.26 Å². The van der Waals surface area contributed by atoms with Gasteiger partial charge in [0.25, 0.3) is 0 Å². The van der Waals surface area contributed by atoms with Crippen molar-refractivity contribution in [3.8, 4) is 6.07 Å². The summed E-state index contributed by atoms with van der Waals surface area (Å²) in [6.45, 7) is 3.12. The van der Waals surface area contributed by atoms with E-state index in [1.807, 2.05) is 0 Å². The summed E-state index contributed by atoms with van der Waals surface area (Å²) < 4.78 is 0. The third-order valence-corrected chi connectivity index (χ3v) is 0.0913. The van der Waals surface area contributed by atoms with Crippen molar-refractivity contribution >= 4 is 0 Å². The fourth-order valence-electron chi connectivity index (χ4n) is 0. The molecule has 0 spiro atoms. The third kappa shape index (κ3) is 18.7. The number of hydrogen-bond acceptors (Lipinski definition) is 1. The summed E-state index contributed by atoms with van der Waals surface area (Å²) in [6, 6.07) is 1.69. The van der Waals surface area contributed by atoms with Crippen LogP contribution in [0.4, 0.5) is 0 Å². The van der Waals surface area contributed by atoms with Crippen LogP contribution in [0.1, 0.15) is 1.43 Å². The van der Waals surface area contributed by atoms with Crippen LogP contribution in [0.2, 0.25) is 0 Å². The van der Waals surface area contributed by atoms with Crippen molar-refractivity contribution in [2.75, 3.05) is 0 Å². The van der Waals surface area contributed by atoms with Gasteiger partial charge in [-0.15, -0.1) is 0 Å². The standard InChI is InChI=1S/C3H3N.Li.H/c1-2-3-4;;/h2H,1H2;;/q;+1;-1. The first-order valence-corrected chi connectivity index (χ1v) is 0.921. The first-order chi connectivity index (χ1) is 1.91. The predicted octanol–water partition coefficient (Wildman–Crippen LogP) is -2.19. The monoisotopic (exact) mass is 61.1 g/mol. The average molecular weight is 61.0 g/mol. The maximum Gasteiger partial charge on any atom is 1.00 e. The largest absolute Gasteiger partial charge is 1.00 e. The molecule has 0 saturated heterocycles. The Morgan fingerprint density at radius 1 is 2.00 bits per heavy atom. The fraction of sp³-hybridized carbons (Fsp3) is 0. The van der Waals surface area contributed by atoms with Crippen LogP contribution in [0.15, 0.2) is 12.7 Å². The van der Waals surface area contributed by atoms with E-state index in [1.165, 1.54) is 6.08 Å². The number of allylic oxidation sites excluding steroid dienone is 1. The molecule has 0 unspecified atom stereocenters. The second-order valence-corrected chi connectivity index (χ2v) is 0.333.